The number of furan rings is 1. The van der Waals surface area contributed by atoms with Crippen molar-refractivity contribution < 1.29 is 14.0 Å². The lowest BCUT2D eigenvalue weighted by Crippen LogP contribution is -2.31. The second-order valence-corrected chi connectivity index (χ2v) is 7.41. The Morgan fingerprint density at radius 2 is 1.90 bits per heavy atom. The van der Waals surface area contributed by atoms with Gasteiger partial charge in [0.05, 0.1) is 30.3 Å². The lowest BCUT2D eigenvalue weighted by molar-refractivity contribution is -0.124. The second kappa shape index (κ2) is 7.18. The van der Waals surface area contributed by atoms with E-state index < -0.39 is 6.04 Å². The topological polar surface area (TPSA) is 80.4 Å². The number of rotatable bonds is 5. The van der Waals surface area contributed by atoms with Crippen molar-refractivity contribution in [3.05, 3.63) is 78.3 Å². The highest BCUT2D eigenvalue weighted by Crippen LogP contribution is 2.37. The largest absolute Gasteiger partial charge is 0.467 e. The monoisotopic (exact) mass is 400 g/mol. The van der Waals surface area contributed by atoms with Gasteiger partial charge in [-0.05, 0) is 43.3 Å². The first-order valence-corrected chi connectivity index (χ1v) is 9.77. The lowest BCUT2D eigenvalue weighted by Gasteiger charge is -2.15. The van der Waals surface area contributed by atoms with Gasteiger partial charge in [0.25, 0.3) is 5.91 Å². The SMILES string of the molecule is Cc1ccc(NC(=O)CC2C(=O)N(Cc3ccco3)c3nc4ccccc4n32)cc1. The van der Waals surface area contributed by atoms with Gasteiger partial charge in [-0.15, -0.1) is 0 Å². The summed E-state index contributed by atoms with van der Waals surface area (Å²) in [5.41, 5.74) is 3.44. The number of fused-ring (bicyclic) bond motifs is 3. The number of hydrogen-bond donors (Lipinski definition) is 1. The quantitative estimate of drug-likeness (QED) is 0.548. The molecule has 1 atom stereocenters. The summed E-state index contributed by atoms with van der Waals surface area (Å²) in [5.74, 6) is 0.803. The van der Waals surface area contributed by atoms with E-state index in [0.29, 0.717) is 17.4 Å². The highest BCUT2D eigenvalue weighted by molar-refractivity contribution is 6.05. The molecule has 1 unspecified atom stereocenters. The summed E-state index contributed by atoms with van der Waals surface area (Å²) < 4.78 is 7.28. The van der Waals surface area contributed by atoms with Crippen molar-refractivity contribution in [2.45, 2.75) is 25.9 Å². The summed E-state index contributed by atoms with van der Waals surface area (Å²) in [5, 5.41) is 2.89. The van der Waals surface area contributed by atoms with Crippen LogP contribution in [0.15, 0.2) is 71.3 Å². The number of nitrogens with zero attached hydrogens (tertiary/aromatic N) is 3. The number of anilines is 2. The summed E-state index contributed by atoms with van der Waals surface area (Å²) >= 11 is 0. The highest BCUT2D eigenvalue weighted by Gasteiger charge is 2.41. The molecule has 0 bridgehead atoms. The molecule has 5 rings (SSSR count). The van der Waals surface area contributed by atoms with E-state index in [-0.39, 0.29) is 24.8 Å². The van der Waals surface area contributed by atoms with Gasteiger partial charge in [0.15, 0.2) is 0 Å². The molecular weight excluding hydrogens is 380 g/mol. The van der Waals surface area contributed by atoms with Crippen molar-refractivity contribution in [3.63, 3.8) is 0 Å². The highest BCUT2D eigenvalue weighted by atomic mass is 16.3. The van der Waals surface area contributed by atoms with Gasteiger partial charge in [0, 0.05) is 5.69 Å². The van der Waals surface area contributed by atoms with Crippen molar-refractivity contribution in [1.29, 1.82) is 0 Å². The number of aryl methyl sites for hydroxylation is 1. The molecule has 0 fully saturated rings. The maximum atomic E-state index is 13.3. The fourth-order valence-electron chi connectivity index (χ4n) is 3.83. The molecule has 0 radical (unpaired) electrons. The van der Waals surface area contributed by atoms with Gasteiger partial charge in [0.2, 0.25) is 11.9 Å². The minimum atomic E-state index is -0.659. The average molecular weight is 400 g/mol. The molecule has 3 heterocycles. The molecule has 2 aromatic carbocycles. The summed E-state index contributed by atoms with van der Waals surface area (Å²) in [7, 11) is 0. The van der Waals surface area contributed by atoms with Crippen LogP contribution >= 0.6 is 0 Å². The second-order valence-electron chi connectivity index (χ2n) is 7.41. The number of carbonyl (C=O) groups excluding carboxylic acids is 2. The zero-order valence-electron chi connectivity index (χ0n) is 16.4. The Balaban J connectivity index is 1.46. The van der Waals surface area contributed by atoms with Crippen LogP contribution in [0.2, 0.25) is 0 Å². The number of carbonyl (C=O) groups is 2. The molecule has 1 aliphatic heterocycles. The molecule has 0 saturated carbocycles. The zero-order chi connectivity index (χ0) is 20.7. The number of amides is 2. The predicted octanol–water partition coefficient (Wildman–Crippen LogP) is 4.05. The molecule has 7 nitrogen and oxygen atoms in total. The van der Waals surface area contributed by atoms with E-state index in [0.717, 1.165) is 16.6 Å². The first-order chi connectivity index (χ1) is 14.6. The Morgan fingerprint density at radius 3 is 2.67 bits per heavy atom. The molecule has 0 spiro atoms. The molecule has 0 aliphatic carbocycles. The first kappa shape index (κ1) is 18.2. The minimum Gasteiger partial charge on any atom is -0.467 e. The van der Waals surface area contributed by atoms with Crippen LogP contribution < -0.4 is 10.2 Å². The third kappa shape index (κ3) is 3.14. The van der Waals surface area contributed by atoms with Crippen LogP contribution in [0, 0.1) is 6.92 Å². The predicted molar refractivity (Wildman–Crippen MR) is 113 cm³/mol. The minimum absolute atomic E-state index is 0.0225. The molecule has 30 heavy (non-hydrogen) atoms. The fourth-order valence-corrected chi connectivity index (χ4v) is 3.83. The third-order valence-electron chi connectivity index (χ3n) is 5.29. The van der Waals surface area contributed by atoms with Gasteiger partial charge in [0.1, 0.15) is 11.8 Å². The van der Waals surface area contributed by atoms with Gasteiger partial charge >= 0.3 is 0 Å². The van der Waals surface area contributed by atoms with Crippen LogP contribution in [0.1, 0.15) is 23.8 Å². The number of nitrogens with one attached hydrogen (secondary N) is 1. The van der Waals surface area contributed by atoms with E-state index in [1.54, 1.807) is 17.2 Å². The maximum Gasteiger partial charge on any atom is 0.253 e. The van der Waals surface area contributed by atoms with E-state index >= 15 is 0 Å². The van der Waals surface area contributed by atoms with Crippen LogP contribution in [0.3, 0.4) is 0 Å². The zero-order valence-corrected chi connectivity index (χ0v) is 16.4. The van der Waals surface area contributed by atoms with E-state index in [9.17, 15) is 9.59 Å². The standard InChI is InChI=1S/C23H20N4O3/c1-15-8-10-16(11-9-15)24-21(28)13-20-22(29)26(14-17-5-4-12-30-17)23-25-18-6-2-3-7-19(18)27(20)23/h2-12,20H,13-14H2,1H3,(H,24,28). The van der Waals surface area contributed by atoms with Crippen LogP contribution in [0.5, 0.6) is 0 Å². The van der Waals surface area contributed by atoms with Crippen molar-refractivity contribution >= 4 is 34.5 Å². The van der Waals surface area contributed by atoms with Crippen molar-refractivity contribution in [2.24, 2.45) is 0 Å². The van der Waals surface area contributed by atoms with Gasteiger partial charge in [-0.2, -0.15) is 0 Å². The van der Waals surface area contributed by atoms with E-state index in [1.807, 2.05) is 66.1 Å². The van der Waals surface area contributed by atoms with Gasteiger partial charge in [-0.3, -0.25) is 19.1 Å². The summed E-state index contributed by atoms with van der Waals surface area (Å²) in [4.78, 5) is 32.3. The van der Waals surface area contributed by atoms with Gasteiger partial charge < -0.3 is 9.73 Å². The number of aromatic nitrogens is 2. The number of hydrogen-bond acceptors (Lipinski definition) is 4. The molecule has 0 saturated heterocycles. The Hall–Kier alpha value is -3.87. The van der Waals surface area contributed by atoms with Crippen molar-refractivity contribution in [3.8, 4) is 0 Å². The molecule has 2 aromatic heterocycles. The van der Waals surface area contributed by atoms with Crippen molar-refractivity contribution in [2.75, 3.05) is 10.2 Å². The number of benzene rings is 2. The normalized spacial score (nSPS) is 15.6. The molecule has 7 heteroatoms. The molecule has 150 valence electrons. The van der Waals surface area contributed by atoms with Crippen LogP contribution in [0.25, 0.3) is 11.0 Å². The smallest absolute Gasteiger partial charge is 0.253 e. The van der Waals surface area contributed by atoms with Gasteiger partial charge in [-0.1, -0.05) is 29.8 Å². The average Bonchev–Trinajstić information content (AvgIpc) is 3.44. The summed E-state index contributed by atoms with van der Waals surface area (Å²) in [6, 6.07) is 18.1. The van der Waals surface area contributed by atoms with E-state index in [4.69, 9.17) is 4.42 Å². The summed E-state index contributed by atoms with van der Waals surface area (Å²) in [6.45, 7) is 2.26. The van der Waals surface area contributed by atoms with Crippen LogP contribution in [-0.2, 0) is 16.1 Å². The van der Waals surface area contributed by atoms with Crippen LogP contribution in [0.4, 0.5) is 11.6 Å². The molecular formula is C23H20N4O3. The van der Waals surface area contributed by atoms with Crippen LogP contribution in [-0.4, -0.2) is 21.4 Å². The fraction of sp³-hybridized carbons (Fsp3) is 0.174. The molecule has 1 N–H and O–H groups in total. The van der Waals surface area contributed by atoms with Gasteiger partial charge in [-0.25, -0.2) is 4.98 Å². The number of para-hydroxylation sites is 2. The lowest BCUT2D eigenvalue weighted by atomic mass is 10.1. The van der Waals surface area contributed by atoms with Crippen molar-refractivity contribution in [1.82, 2.24) is 9.55 Å². The Kier molecular flexibility index (Phi) is 4.35. The molecule has 1 aliphatic rings. The number of imidazole rings is 1. The Morgan fingerprint density at radius 1 is 1.10 bits per heavy atom. The summed E-state index contributed by atoms with van der Waals surface area (Å²) in [6.07, 6.45) is 1.60. The Labute approximate surface area is 172 Å². The first-order valence-electron chi connectivity index (χ1n) is 9.77. The van der Waals surface area contributed by atoms with E-state index in [1.165, 1.54) is 0 Å². The molecule has 2 amide bonds. The third-order valence-corrected chi connectivity index (χ3v) is 5.29. The molecule has 4 aromatic rings. The van der Waals surface area contributed by atoms with E-state index in [2.05, 4.69) is 10.3 Å². The Bertz CT molecular complexity index is 1230. The maximum absolute atomic E-state index is 13.3.